The minimum absolute atomic E-state index is 0.0406. The minimum atomic E-state index is -0.224. The summed E-state index contributed by atoms with van der Waals surface area (Å²) in [6, 6.07) is 5.28. The van der Waals surface area contributed by atoms with E-state index < -0.39 is 0 Å². The van der Waals surface area contributed by atoms with Crippen LogP contribution in [0.4, 0.5) is 0 Å². The number of nitrogens with one attached hydrogen (secondary N) is 1. The van der Waals surface area contributed by atoms with Crippen LogP contribution in [0.25, 0.3) is 0 Å². The number of amides is 2. The molecule has 2 aromatic rings. The molecule has 1 saturated heterocycles. The summed E-state index contributed by atoms with van der Waals surface area (Å²) >= 11 is 0. The second-order valence-corrected chi connectivity index (χ2v) is 7.45. The molecule has 1 fully saturated rings. The molecule has 148 valence electrons. The van der Waals surface area contributed by atoms with Crippen LogP contribution in [0.15, 0.2) is 28.9 Å². The zero-order valence-electron chi connectivity index (χ0n) is 16.1. The van der Waals surface area contributed by atoms with Crippen molar-refractivity contribution in [1.82, 2.24) is 15.2 Å². The molecular formula is C21H25N3O4. The van der Waals surface area contributed by atoms with Crippen molar-refractivity contribution in [3.63, 3.8) is 0 Å². The zero-order valence-corrected chi connectivity index (χ0v) is 16.1. The maximum atomic E-state index is 13.2. The third kappa shape index (κ3) is 3.74. The van der Waals surface area contributed by atoms with Gasteiger partial charge in [0.25, 0.3) is 11.8 Å². The van der Waals surface area contributed by atoms with Gasteiger partial charge in [-0.05, 0) is 61.8 Å². The van der Waals surface area contributed by atoms with Crippen LogP contribution in [0, 0.1) is 5.92 Å². The van der Waals surface area contributed by atoms with Crippen molar-refractivity contribution in [2.24, 2.45) is 5.92 Å². The second-order valence-electron chi connectivity index (χ2n) is 7.45. The van der Waals surface area contributed by atoms with Crippen molar-refractivity contribution >= 4 is 11.8 Å². The van der Waals surface area contributed by atoms with Gasteiger partial charge in [0.05, 0.1) is 13.4 Å². The topological polar surface area (TPSA) is 84.7 Å². The molecule has 2 aromatic heterocycles. The average molecular weight is 383 g/mol. The monoisotopic (exact) mass is 383 g/mol. The Morgan fingerprint density at radius 1 is 1.36 bits per heavy atom. The van der Waals surface area contributed by atoms with E-state index in [1.54, 1.807) is 19.2 Å². The summed E-state index contributed by atoms with van der Waals surface area (Å²) in [5, 5.41) is 2.90. The Kier molecular flexibility index (Phi) is 5.32. The number of aromatic nitrogens is 1. The van der Waals surface area contributed by atoms with Crippen molar-refractivity contribution in [3.8, 4) is 5.88 Å². The lowest BCUT2D eigenvalue weighted by atomic mass is 9.97. The third-order valence-corrected chi connectivity index (χ3v) is 5.54. The number of rotatable bonds is 5. The Morgan fingerprint density at radius 2 is 2.25 bits per heavy atom. The van der Waals surface area contributed by atoms with E-state index in [-0.39, 0.29) is 17.7 Å². The Bertz CT molecular complexity index is 863. The number of hydrogen-bond acceptors (Lipinski definition) is 5. The van der Waals surface area contributed by atoms with Gasteiger partial charge in [0.1, 0.15) is 5.56 Å². The number of nitrogens with zero attached hydrogens (tertiary/aromatic N) is 2. The SMILES string of the molecule is COc1nc2c(cc1C(=O)N1CCCC(CNC(=O)c3ccco3)C1)CCC2. The molecule has 7 nitrogen and oxygen atoms in total. The number of fused-ring (bicyclic) bond motifs is 1. The number of pyridine rings is 1. The molecule has 1 unspecified atom stereocenters. The standard InChI is InChI=1S/C21H25N3O4/c1-27-20-16(11-15-6-2-7-17(15)23-20)21(26)24-9-3-5-14(13-24)12-22-19(25)18-8-4-10-28-18/h4,8,10-11,14H,2-3,5-7,9,12-13H2,1H3,(H,22,25). The van der Waals surface area contributed by atoms with Gasteiger partial charge in [0, 0.05) is 25.3 Å². The van der Waals surface area contributed by atoms with Crippen molar-refractivity contribution < 1.29 is 18.7 Å². The second kappa shape index (κ2) is 8.04. The molecule has 0 spiro atoms. The highest BCUT2D eigenvalue weighted by atomic mass is 16.5. The molecule has 3 heterocycles. The van der Waals surface area contributed by atoms with Crippen LogP contribution in [0.5, 0.6) is 5.88 Å². The van der Waals surface area contributed by atoms with Crippen LogP contribution < -0.4 is 10.1 Å². The van der Waals surface area contributed by atoms with E-state index in [9.17, 15) is 9.59 Å². The summed E-state index contributed by atoms with van der Waals surface area (Å²) in [5.41, 5.74) is 2.75. The first-order valence-electron chi connectivity index (χ1n) is 9.83. The molecule has 28 heavy (non-hydrogen) atoms. The Morgan fingerprint density at radius 3 is 3.04 bits per heavy atom. The van der Waals surface area contributed by atoms with Gasteiger partial charge in [0.15, 0.2) is 5.76 Å². The highest BCUT2D eigenvalue weighted by molar-refractivity contribution is 5.96. The van der Waals surface area contributed by atoms with Crippen molar-refractivity contribution in [1.29, 1.82) is 0 Å². The molecule has 0 aromatic carbocycles. The molecule has 7 heteroatoms. The van der Waals surface area contributed by atoms with Gasteiger partial charge in [-0.3, -0.25) is 9.59 Å². The molecular weight excluding hydrogens is 358 g/mol. The Labute approximate surface area is 164 Å². The molecule has 0 bridgehead atoms. The largest absolute Gasteiger partial charge is 0.480 e. The first kappa shape index (κ1) is 18.5. The predicted octanol–water partition coefficient (Wildman–Crippen LogP) is 2.45. The van der Waals surface area contributed by atoms with E-state index in [0.29, 0.717) is 36.8 Å². The number of ether oxygens (including phenoxy) is 1. The summed E-state index contributed by atoms with van der Waals surface area (Å²) in [6.45, 7) is 1.84. The lowest BCUT2D eigenvalue weighted by molar-refractivity contribution is 0.0665. The van der Waals surface area contributed by atoms with Gasteiger partial charge in [-0.1, -0.05) is 0 Å². The zero-order chi connectivity index (χ0) is 19.5. The van der Waals surface area contributed by atoms with Gasteiger partial charge in [-0.2, -0.15) is 0 Å². The maximum absolute atomic E-state index is 13.2. The van der Waals surface area contributed by atoms with E-state index in [0.717, 1.165) is 43.4 Å². The van der Waals surface area contributed by atoms with Gasteiger partial charge < -0.3 is 19.4 Å². The van der Waals surface area contributed by atoms with Crippen LogP contribution in [-0.4, -0.2) is 48.4 Å². The minimum Gasteiger partial charge on any atom is -0.480 e. The lowest BCUT2D eigenvalue weighted by Gasteiger charge is -2.33. The summed E-state index contributed by atoms with van der Waals surface area (Å²) < 4.78 is 10.5. The molecule has 0 saturated carbocycles. The summed E-state index contributed by atoms with van der Waals surface area (Å²) in [7, 11) is 1.56. The highest BCUT2D eigenvalue weighted by Crippen LogP contribution is 2.28. The van der Waals surface area contributed by atoms with Crippen LogP contribution in [0.1, 0.15) is 51.4 Å². The number of carbonyl (C=O) groups excluding carboxylic acids is 2. The Balaban J connectivity index is 1.41. The van der Waals surface area contributed by atoms with Crippen molar-refractivity contribution in [2.75, 3.05) is 26.7 Å². The van der Waals surface area contributed by atoms with Crippen molar-refractivity contribution in [2.45, 2.75) is 32.1 Å². The number of carbonyl (C=O) groups is 2. The number of piperidine rings is 1. The van der Waals surface area contributed by atoms with E-state index >= 15 is 0 Å². The number of methoxy groups -OCH3 is 1. The fraction of sp³-hybridized carbons (Fsp3) is 0.476. The number of furan rings is 1. The van der Waals surface area contributed by atoms with Gasteiger partial charge in [0.2, 0.25) is 5.88 Å². The Hall–Kier alpha value is -2.83. The molecule has 1 aliphatic carbocycles. The van der Waals surface area contributed by atoms with Crippen molar-refractivity contribution in [3.05, 3.63) is 47.0 Å². The molecule has 0 radical (unpaired) electrons. The van der Waals surface area contributed by atoms with Crippen LogP contribution in [0.3, 0.4) is 0 Å². The summed E-state index contributed by atoms with van der Waals surface area (Å²) in [5.74, 6) is 0.667. The van der Waals surface area contributed by atoms with E-state index in [1.165, 1.54) is 6.26 Å². The fourth-order valence-electron chi connectivity index (χ4n) is 4.08. The van der Waals surface area contributed by atoms with Crippen LogP contribution in [-0.2, 0) is 12.8 Å². The number of aryl methyl sites for hydroxylation is 2. The predicted molar refractivity (Wildman–Crippen MR) is 102 cm³/mol. The van der Waals surface area contributed by atoms with E-state index in [4.69, 9.17) is 9.15 Å². The molecule has 1 N–H and O–H groups in total. The molecule has 1 atom stereocenters. The summed E-state index contributed by atoms with van der Waals surface area (Å²) in [6.07, 6.45) is 6.35. The molecule has 2 amide bonds. The first-order chi connectivity index (χ1) is 13.7. The van der Waals surface area contributed by atoms with Crippen LogP contribution >= 0.6 is 0 Å². The van der Waals surface area contributed by atoms with Gasteiger partial charge in [-0.25, -0.2) is 4.98 Å². The van der Waals surface area contributed by atoms with Gasteiger partial charge >= 0.3 is 0 Å². The quantitative estimate of drug-likeness (QED) is 0.857. The molecule has 4 rings (SSSR count). The summed E-state index contributed by atoms with van der Waals surface area (Å²) in [4.78, 5) is 31.6. The third-order valence-electron chi connectivity index (χ3n) is 5.54. The maximum Gasteiger partial charge on any atom is 0.286 e. The lowest BCUT2D eigenvalue weighted by Crippen LogP contribution is -2.43. The highest BCUT2D eigenvalue weighted by Gasteiger charge is 2.29. The first-order valence-corrected chi connectivity index (χ1v) is 9.83. The average Bonchev–Trinajstić information content (AvgIpc) is 3.42. The fourth-order valence-corrected chi connectivity index (χ4v) is 4.08. The normalized spacial score (nSPS) is 18.6. The van der Waals surface area contributed by atoms with Gasteiger partial charge in [-0.15, -0.1) is 0 Å². The smallest absolute Gasteiger partial charge is 0.286 e. The van der Waals surface area contributed by atoms with Crippen LogP contribution in [0.2, 0.25) is 0 Å². The van der Waals surface area contributed by atoms with E-state index in [2.05, 4.69) is 10.3 Å². The molecule has 2 aliphatic rings. The number of likely N-dealkylation sites (tertiary alicyclic amines) is 1. The van der Waals surface area contributed by atoms with E-state index in [1.807, 2.05) is 11.0 Å². The molecule has 1 aliphatic heterocycles. The number of hydrogen-bond donors (Lipinski definition) is 1.